The first kappa shape index (κ1) is 23.3. The topological polar surface area (TPSA) is 122 Å². The zero-order chi connectivity index (χ0) is 24.2. The fraction of sp³-hybridized carbons (Fsp3) is 0.360. The quantitative estimate of drug-likeness (QED) is 0.601. The molecule has 1 aliphatic heterocycles. The predicted molar refractivity (Wildman–Crippen MR) is 121 cm³/mol. The van der Waals surface area contributed by atoms with Gasteiger partial charge in [-0.1, -0.05) is 48.5 Å². The minimum absolute atomic E-state index is 0.0436. The van der Waals surface area contributed by atoms with E-state index in [2.05, 4.69) is 5.32 Å². The van der Waals surface area contributed by atoms with Gasteiger partial charge < -0.3 is 24.8 Å². The number of carbonyl (C=O) groups is 4. The summed E-state index contributed by atoms with van der Waals surface area (Å²) in [5.74, 6) is -2.85. The molecule has 1 aliphatic carbocycles. The molecule has 1 fully saturated rings. The van der Waals surface area contributed by atoms with Crippen molar-refractivity contribution in [1.29, 1.82) is 0 Å². The molecule has 2 aliphatic rings. The number of aliphatic carboxylic acids is 1. The minimum Gasteiger partial charge on any atom is -0.481 e. The normalized spacial score (nSPS) is 17.4. The lowest BCUT2D eigenvalue weighted by Crippen LogP contribution is -2.49. The summed E-state index contributed by atoms with van der Waals surface area (Å²) in [7, 11) is 1.28. The van der Waals surface area contributed by atoms with Crippen molar-refractivity contribution in [2.75, 3.05) is 26.8 Å². The molecule has 2 unspecified atom stereocenters. The zero-order valence-electron chi connectivity index (χ0n) is 18.7. The number of esters is 1. The maximum absolute atomic E-state index is 12.9. The Morgan fingerprint density at radius 3 is 2.26 bits per heavy atom. The number of ether oxygens (including phenoxy) is 2. The van der Waals surface area contributed by atoms with Crippen LogP contribution in [0.3, 0.4) is 0 Å². The van der Waals surface area contributed by atoms with Crippen LogP contribution in [0.5, 0.6) is 0 Å². The number of amides is 2. The Hall–Kier alpha value is -3.88. The number of rotatable bonds is 7. The molecule has 2 aromatic rings. The van der Waals surface area contributed by atoms with Crippen LogP contribution >= 0.6 is 0 Å². The van der Waals surface area contributed by atoms with E-state index in [1.807, 2.05) is 48.5 Å². The first-order valence-electron chi connectivity index (χ1n) is 11.1. The average Bonchev–Trinajstić information content (AvgIpc) is 3.45. The van der Waals surface area contributed by atoms with Crippen molar-refractivity contribution in [2.24, 2.45) is 5.92 Å². The number of carbonyl (C=O) groups excluding carboxylic acids is 3. The van der Waals surface area contributed by atoms with Crippen molar-refractivity contribution < 1.29 is 33.8 Å². The maximum atomic E-state index is 12.9. The summed E-state index contributed by atoms with van der Waals surface area (Å²) < 4.78 is 10.2. The van der Waals surface area contributed by atoms with E-state index in [9.17, 15) is 24.3 Å². The molecule has 178 valence electrons. The number of hydrogen-bond donors (Lipinski definition) is 2. The number of nitrogens with one attached hydrogen (secondary N) is 1. The van der Waals surface area contributed by atoms with Gasteiger partial charge in [-0.3, -0.25) is 14.4 Å². The minimum atomic E-state index is -1.30. The van der Waals surface area contributed by atoms with E-state index in [0.717, 1.165) is 22.3 Å². The second kappa shape index (κ2) is 9.94. The molecule has 34 heavy (non-hydrogen) atoms. The number of alkyl carbamates (subject to hydrolysis) is 1. The third-order valence-electron chi connectivity index (χ3n) is 6.35. The lowest BCUT2D eigenvalue weighted by Gasteiger charge is -2.23. The monoisotopic (exact) mass is 466 g/mol. The Balaban J connectivity index is 1.41. The van der Waals surface area contributed by atoms with Gasteiger partial charge in [0.25, 0.3) is 0 Å². The molecular weight excluding hydrogens is 440 g/mol. The number of likely N-dealkylation sites (tertiary alicyclic amines) is 1. The van der Waals surface area contributed by atoms with E-state index in [-0.39, 0.29) is 25.6 Å². The van der Waals surface area contributed by atoms with Crippen molar-refractivity contribution in [1.82, 2.24) is 10.2 Å². The molecule has 2 aromatic carbocycles. The highest BCUT2D eigenvalue weighted by atomic mass is 16.5. The fourth-order valence-electron chi connectivity index (χ4n) is 4.70. The maximum Gasteiger partial charge on any atom is 0.407 e. The molecule has 1 heterocycles. The van der Waals surface area contributed by atoms with Gasteiger partial charge in [0.15, 0.2) is 0 Å². The Labute approximate surface area is 196 Å². The van der Waals surface area contributed by atoms with E-state index < -0.39 is 42.3 Å². The molecule has 0 saturated carbocycles. The molecule has 0 bridgehead atoms. The number of carboxylic acid groups (broad SMARTS) is 1. The molecule has 2 N–H and O–H groups in total. The smallest absolute Gasteiger partial charge is 0.407 e. The molecule has 2 amide bonds. The summed E-state index contributed by atoms with van der Waals surface area (Å²) in [5.41, 5.74) is 4.25. The third kappa shape index (κ3) is 4.73. The number of fused-ring (bicyclic) bond motifs is 3. The van der Waals surface area contributed by atoms with Gasteiger partial charge in [0.05, 0.1) is 19.4 Å². The number of nitrogens with zero attached hydrogens (tertiary/aromatic N) is 1. The number of hydrogen-bond acceptors (Lipinski definition) is 6. The number of methoxy groups -OCH3 is 1. The van der Waals surface area contributed by atoms with Crippen LogP contribution in [0.25, 0.3) is 11.1 Å². The summed E-state index contributed by atoms with van der Waals surface area (Å²) in [5, 5.41) is 11.7. The summed E-state index contributed by atoms with van der Waals surface area (Å²) in [6.45, 7) is 0.442. The first-order valence-corrected chi connectivity index (χ1v) is 11.1. The molecule has 0 aromatic heterocycles. The van der Waals surface area contributed by atoms with E-state index in [0.29, 0.717) is 6.42 Å². The molecule has 9 nitrogen and oxygen atoms in total. The van der Waals surface area contributed by atoms with Gasteiger partial charge in [0, 0.05) is 19.0 Å². The second-order valence-electron chi connectivity index (χ2n) is 8.41. The van der Waals surface area contributed by atoms with Crippen LogP contribution in [-0.4, -0.2) is 66.8 Å². The van der Waals surface area contributed by atoms with Crippen LogP contribution in [0.1, 0.15) is 29.9 Å². The van der Waals surface area contributed by atoms with E-state index in [4.69, 9.17) is 9.47 Å². The number of carboxylic acids is 1. The summed E-state index contributed by atoms with van der Waals surface area (Å²) in [4.78, 5) is 49.9. The van der Waals surface area contributed by atoms with Crippen LogP contribution in [-0.2, 0) is 23.9 Å². The highest BCUT2D eigenvalue weighted by Gasteiger charge is 2.36. The molecule has 2 atom stereocenters. The Kier molecular flexibility index (Phi) is 6.81. The molecule has 9 heteroatoms. The van der Waals surface area contributed by atoms with E-state index in [1.165, 1.54) is 12.0 Å². The van der Waals surface area contributed by atoms with Crippen molar-refractivity contribution in [3.05, 3.63) is 59.7 Å². The van der Waals surface area contributed by atoms with Gasteiger partial charge in [-0.15, -0.1) is 0 Å². The van der Waals surface area contributed by atoms with Crippen LogP contribution in [0.4, 0.5) is 4.79 Å². The Morgan fingerprint density at radius 1 is 1.06 bits per heavy atom. The summed E-state index contributed by atoms with van der Waals surface area (Å²) in [6, 6.07) is 14.5. The Bertz CT molecular complexity index is 1070. The van der Waals surface area contributed by atoms with Crippen LogP contribution in [0.15, 0.2) is 48.5 Å². The lowest BCUT2D eigenvalue weighted by atomic mass is 9.98. The predicted octanol–water partition coefficient (Wildman–Crippen LogP) is 2.39. The van der Waals surface area contributed by atoms with Crippen molar-refractivity contribution in [3.8, 4) is 11.1 Å². The third-order valence-corrected chi connectivity index (χ3v) is 6.35. The van der Waals surface area contributed by atoms with Crippen LogP contribution in [0.2, 0.25) is 0 Å². The molecule has 0 spiro atoms. The average molecular weight is 466 g/mol. The van der Waals surface area contributed by atoms with Crippen LogP contribution in [0, 0.1) is 5.92 Å². The lowest BCUT2D eigenvalue weighted by molar-refractivity contribution is -0.146. The molecule has 0 radical (unpaired) electrons. The number of benzene rings is 2. The van der Waals surface area contributed by atoms with Gasteiger partial charge in [-0.25, -0.2) is 4.79 Å². The fourth-order valence-corrected chi connectivity index (χ4v) is 4.70. The van der Waals surface area contributed by atoms with Crippen molar-refractivity contribution >= 4 is 23.9 Å². The van der Waals surface area contributed by atoms with Gasteiger partial charge in [0.2, 0.25) is 5.91 Å². The van der Waals surface area contributed by atoms with Crippen LogP contribution < -0.4 is 5.32 Å². The highest BCUT2D eigenvalue weighted by Crippen LogP contribution is 2.44. The highest BCUT2D eigenvalue weighted by molar-refractivity contribution is 5.90. The van der Waals surface area contributed by atoms with Crippen molar-refractivity contribution in [3.63, 3.8) is 0 Å². The largest absolute Gasteiger partial charge is 0.481 e. The molecular formula is C25H26N2O7. The van der Waals surface area contributed by atoms with E-state index >= 15 is 0 Å². The zero-order valence-corrected chi connectivity index (χ0v) is 18.7. The Morgan fingerprint density at radius 2 is 1.68 bits per heavy atom. The first-order chi connectivity index (χ1) is 16.4. The van der Waals surface area contributed by atoms with Gasteiger partial charge in [-0.05, 0) is 28.7 Å². The van der Waals surface area contributed by atoms with E-state index in [1.54, 1.807) is 0 Å². The SMILES string of the molecule is COC(=O)C1CCN(C(=O)C(CC(=O)O)NC(=O)OCC2c3ccccc3-c3ccccc32)C1. The van der Waals surface area contributed by atoms with Gasteiger partial charge in [-0.2, -0.15) is 0 Å². The summed E-state index contributed by atoms with van der Waals surface area (Å²) in [6.07, 6.45) is -1.05. The molecule has 1 saturated heterocycles. The molecule has 4 rings (SSSR count). The summed E-state index contributed by atoms with van der Waals surface area (Å²) >= 11 is 0. The second-order valence-corrected chi connectivity index (χ2v) is 8.41. The van der Waals surface area contributed by atoms with Gasteiger partial charge in [0.1, 0.15) is 12.6 Å². The standard InChI is InChI=1S/C25H26N2O7/c1-33-24(31)15-10-11-27(13-15)23(30)21(12-22(28)29)26-25(32)34-14-20-18-8-4-2-6-16(18)17-7-3-5-9-19(17)20/h2-9,15,20-21H,10-14H2,1H3,(H,26,32)(H,28,29). The van der Waals surface area contributed by atoms with Gasteiger partial charge >= 0.3 is 18.0 Å². The van der Waals surface area contributed by atoms with Crippen molar-refractivity contribution in [2.45, 2.75) is 24.8 Å².